The van der Waals surface area contributed by atoms with Gasteiger partial charge in [0.15, 0.2) is 0 Å². The Morgan fingerprint density at radius 3 is 2.45 bits per heavy atom. The van der Waals surface area contributed by atoms with Crippen LogP contribution in [0.3, 0.4) is 0 Å². The van der Waals surface area contributed by atoms with Crippen molar-refractivity contribution in [2.24, 2.45) is 0 Å². The number of hydrogen-bond acceptors (Lipinski definition) is 6. The minimum Gasteiger partial charge on any atom is -0.342 e. The lowest BCUT2D eigenvalue weighted by molar-refractivity contribution is -0.131. The zero-order chi connectivity index (χ0) is 20.2. The Balaban J connectivity index is 1.42. The SMILES string of the molecule is N#CCn1c(CN2CCN(CC(=O)N3CCCC3)CC2)nc2ccccc2c1=O. The lowest BCUT2D eigenvalue weighted by Gasteiger charge is -2.35. The first-order chi connectivity index (χ1) is 14.2. The van der Waals surface area contributed by atoms with Gasteiger partial charge in [-0.3, -0.25) is 24.0 Å². The van der Waals surface area contributed by atoms with Gasteiger partial charge in [0.05, 0.1) is 30.1 Å². The summed E-state index contributed by atoms with van der Waals surface area (Å²) in [5, 5.41) is 9.70. The van der Waals surface area contributed by atoms with Crippen LogP contribution >= 0.6 is 0 Å². The molecule has 8 nitrogen and oxygen atoms in total. The monoisotopic (exact) mass is 394 g/mol. The average Bonchev–Trinajstić information content (AvgIpc) is 3.27. The van der Waals surface area contributed by atoms with Crippen molar-refractivity contribution in [1.82, 2.24) is 24.3 Å². The largest absolute Gasteiger partial charge is 0.342 e. The van der Waals surface area contributed by atoms with E-state index in [0.717, 1.165) is 52.1 Å². The first-order valence-electron chi connectivity index (χ1n) is 10.2. The molecule has 0 saturated carbocycles. The standard InChI is InChI=1S/C21H26N6O2/c22-7-10-27-19(23-18-6-2-1-5-17(18)21(27)29)15-24-11-13-25(14-12-24)16-20(28)26-8-3-4-9-26/h1-2,5-6H,3-4,8-16H2. The second-order valence-corrected chi connectivity index (χ2v) is 7.73. The molecule has 0 bridgehead atoms. The number of rotatable bonds is 5. The maximum atomic E-state index is 12.8. The average molecular weight is 394 g/mol. The Morgan fingerprint density at radius 2 is 1.72 bits per heavy atom. The van der Waals surface area contributed by atoms with Crippen molar-refractivity contribution in [3.05, 3.63) is 40.4 Å². The normalized spacial score (nSPS) is 18.2. The number of amides is 1. The minimum atomic E-state index is -0.165. The fourth-order valence-electron chi connectivity index (χ4n) is 4.13. The summed E-state index contributed by atoms with van der Waals surface area (Å²) in [5.41, 5.74) is 0.499. The van der Waals surface area contributed by atoms with Crippen LogP contribution in [-0.2, 0) is 17.9 Å². The summed E-state index contributed by atoms with van der Waals surface area (Å²) in [5.74, 6) is 0.854. The van der Waals surface area contributed by atoms with Crippen molar-refractivity contribution < 1.29 is 4.79 Å². The van der Waals surface area contributed by atoms with Crippen molar-refractivity contribution >= 4 is 16.8 Å². The second kappa shape index (κ2) is 8.72. The second-order valence-electron chi connectivity index (χ2n) is 7.73. The molecule has 1 aromatic heterocycles. The Hall–Kier alpha value is -2.76. The highest BCUT2D eigenvalue weighted by molar-refractivity contribution is 5.78. The Labute approximate surface area is 169 Å². The third kappa shape index (κ3) is 4.31. The van der Waals surface area contributed by atoms with Gasteiger partial charge in [-0.15, -0.1) is 0 Å². The highest BCUT2D eigenvalue weighted by atomic mass is 16.2. The number of nitrogens with zero attached hydrogens (tertiary/aromatic N) is 6. The van der Waals surface area contributed by atoms with Crippen molar-refractivity contribution in [1.29, 1.82) is 5.26 Å². The third-order valence-corrected chi connectivity index (χ3v) is 5.82. The van der Waals surface area contributed by atoms with E-state index in [0.29, 0.717) is 29.8 Å². The van der Waals surface area contributed by atoms with Crippen LogP contribution in [0.15, 0.2) is 29.1 Å². The fourth-order valence-corrected chi connectivity index (χ4v) is 4.13. The molecule has 0 atom stereocenters. The Bertz CT molecular complexity index is 981. The summed E-state index contributed by atoms with van der Waals surface area (Å²) >= 11 is 0. The molecule has 2 fully saturated rings. The van der Waals surface area contributed by atoms with E-state index in [9.17, 15) is 9.59 Å². The number of piperazine rings is 1. The highest BCUT2D eigenvalue weighted by Gasteiger charge is 2.24. The van der Waals surface area contributed by atoms with E-state index < -0.39 is 0 Å². The van der Waals surface area contributed by atoms with Gasteiger partial charge in [-0.2, -0.15) is 5.26 Å². The first-order valence-corrected chi connectivity index (χ1v) is 10.2. The van der Waals surface area contributed by atoms with Crippen molar-refractivity contribution in [3.8, 4) is 6.07 Å². The number of fused-ring (bicyclic) bond motifs is 1. The molecule has 0 N–H and O–H groups in total. The van der Waals surface area contributed by atoms with E-state index in [4.69, 9.17) is 5.26 Å². The zero-order valence-corrected chi connectivity index (χ0v) is 16.6. The molecule has 3 heterocycles. The molecular weight excluding hydrogens is 368 g/mol. The van der Waals surface area contributed by atoms with Crippen molar-refractivity contribution in [2.75, 3.05) is 45.8 Å². The Morgan fingerprint density at radius 1 is 1.03 bits per heavy atom. The van der Waals surface area contributed by atoms with Gasteiger partial charge < -0.3 is 4.90 Å². The van der Waals surface area contributed by atoms with Gasteiger partial charge in [-0.1, -0.05) is 12.1 Å². The number of aromatic nitrogens is 2. The minimum absolute atomic E-state index is 0.00367. The van der Waals surface area contributed by atoms with E-state index in [1.807, 2.05) is 23.1 Å². The number of carbonyl (C=O) groups is 1. The van der Waals surface area contributed by atoms with Crippen molar-refractivity contribution in [3.63, 3.8) is 0 Å². The number of likely N-dealkylation sites (tertiary alicyclic amines) is 1. The van der Waals surface area contributed by atoms with Crippen LogP contribution < -0.4 is 5.56 Å². The summed E-state index contributed by atoms with van der Waals surface area (Å²) < 4.78 is 1.48. The number of nitriles is 1. The maximum Gasteiger partial charge on any atom is 0.262 e. The van der Waals surface area contributed by atoms with Gasteiger partial charge in [0, 0.05) is 39.3 Å². The number of para-hydroxylation sites is 1. The topological polar surface area (TPSA) is 85.5 Å². The number of benzene rings is 1. The van der Waals surface area contributed by atoms with E-state index in [1.165, 1.54) is 4.57 Å². The molecule has 2 aliphatic heterocycles. The molecule has 2 saturated heterocycles. The van der Waals surface area contributed by atoms with Crippen LogP contribution in [0.1, 0.15) is 18.7 Å². The Kier molecular flexibility index (Phi) is 5.88. The van der Waals surface area contributed by atoms with Gasteiger partial charge in [0.2, 0.25) is 5.91 Å². The van der Waals surface area contributed by atoms with Crippen LogP contribution in [0.4, 0.5) is 0 Å². The third-order valence-electron chi connectivity index (χ3n) is 5.82. The fraction of sp³-hybridized carbons (Fsp3) is 0.524. The smallest absolute Gasteiger partial charge is 0.262 e. The molecular formula is C21H26N6O2. The molecule has 8 heteroatoms. The van der Waals surface area contributed by atoms with E-state index >= 15 is 0 Å². The van der Waals surface area contributed by atoms with Gasteiger partial charge >= 0.3 is 0 Å². The van der Waals surface area contributed by atoms with Gasteiger partial charge in [-0.05, 0) is 25.0 Å². The molecule has 0 unspecified atom stereocenters. The summed E-state index contributed by atoms with van der Waals surface area (Å²) in [6, 6.07) is 9.33. The van der Waals surface area contributed by atoms with Gasteiger partial charge in [0.1, 0.15) is 12.4 Å². The van der Waals surface area contributed by atoms with Gasteiger partial charge in [0.25, 0.3) is 5.56 Å². The summed E-state index contributed by atoms with van der Waals surface area (Å²) in [7, 11) is 0. The number of carbonyl (C=O) groups excluding carboxylic acids is 1. The van der Waals surface area contributed by atoms with Crippen LogP contribution in [0.2, 0.25) is 0 Å². The summed E-state index contributed by atoms with van der Waals surface area (Å²) in [6.45, 7) is 6.04. The highest BCUT2D eigenvalue weighted by Crippen LogP contribution is 2.13. The summed E-state index contributed by atoms with van der Waals surface area (Å²) in [4.78, 5) is 36.2. The summed E-state index contributed by atoms with van der Waals surface area (Å²) in [6.07, 6.45) is 2.23. The molecule has 152 valence electrons. The lowest BCUT2D eigenvalue weighted by Crippen LogP contribution is -2.49. The van der Waals surface area contributed by atoms with E-state index in [2.05, 4.69) is 20.9 Å². The predicted molar refractivity (Wildman–Crippen MR) is 109 cm³/mol. The van der Waals surface area contributed by atoms with Crippen LogP contribution in [-0.4, -0.2) is 76.0 Å². The van der Waals surface area contributed by atoms with Crippen LogP contribution in [0.5, 0.6) is 0 Å². The predicted octanol–water partition coefficient (Wildman–Crippen LogP) is 0.660. The van der Waals surface area contributed by atoms with Crippen molar-refractivity contribution in [2.45, 2.75) is 25.9 Å². The van der Waals surface area contributed by atoms with Crippen LogP contribution in [0, 0.1) is 11.3 Å². The molecule has 0 aliphatic carbocycles. The molecule has 29 heavy (non-hydrogen) atoms. The molecule has 4 rings (SSSR count). The van der Waals surface area contributed by atoms with E-state index in [-0.39, 0.29) is 18.0 Å². The van der Waals surface area contributed by atoms with E-state index in [1.54, 1.807) is 6.07 Å². The van der Waals surface area contributed by atoms with Gasteiger partial charge in [-0.25, -0.2) is 4.98 Å². The molecule has 0 radical (unpaired) electrons. The molecule has 1 aromatic carbocycles. The zero-order valence-electron chi connectivity index (χ0n) is 16.6. The molecule has 2 aliphatic rings. The lowest BCUT2D eigenvalue weighted by atomic mass is 10.2. The maximum absolute atomic E-state index is 12.8. The molecule has 2 aromatic rings. The first kappa shape index (κ1) is 19.6. The quantitative estimate of drug-likeness (QED) is 0.741. The number of hydrogen-bond donors (Lipinski definition) is 0. The molecule has 1 amide bonds. The molecule has 0 spiro atoms. The van der Waals surface area contributed by atoms with Crippen LogP contribution in [0.25, 0.3) is 10.9 Å².